The van der Waals surface area contributed by atoms with Crippen LogP contribution in [0.4, 0.5) is 0 Å². The zero-order chi connectivity index (χ0) is 20.5. The van der Waals surface area contributed by atoms with Gasteiger partial charge in [-0.05, 0) is 43.9 Å². The highest BCUT2D eigenvalue weighted by Crippen LogP contribution is 2.18. The van der Waals surface area contributed by atoms with E-state index in [9.17, 15) is 4.79 Å². The highest BCUT2D eigenvalue weighted by atomic mass is 16.5. The number of rotatable bonds is 10. The molecule has 0 spiro atoms. The molecule has 1 amide bonds. The maximum absolute atomic E-state index is 11.7. The summed E-state index contributed by atoms with van der Waals surface area (Å²) in [5.74, 6) is 2.20. The summed E-state index contributed by atoms with van der Waals surface area (Å²) in [5.41, 5.74) is 1.18. The van der Waals surface area contributed by atoms with Crippen molar-refractivity contribution in [2.75, 3.05) is 19.7 Å². The number of benzene rings is 1. The fraction of sp³-hybridized carbons (Fsp3) is 0.500. The van der Waals surface area contributed by atoms with Gasteiger partial charge in [0.2, 0.25) is 0 Å². The van der Waals surface area contributed by atoms with Gasteiger partial charge in [0.25, 0.3) is 5.91 Å². The number of guanidine groups is 1. The normalized spacial score (nSPS) is 13.8. The minimum absolute atomic E-state index is 0.0580. The Morgan fingerprint density at radius 1 is 1.28 bits per heavy atom. The van der Waals surface area contributed by atoms with Crippen molar-refractivity contribution in [2.45, 2.75) is 38.8 Å². The zero-order valence-corrected chi connectivity index (χ0v) is 17.0. The molecule has 3 rings (SSSR count). The molecule has 0 atom stereocenters. The van der Waals surface area contributed by atoms with Crippen molar-refractivity contribution in [3.8, 4) is 5.75 Å². The van der Waals surface area contributed by atoms with E-state index in [4.69, 9.17) is 4.74 Å². The number of amides is 1. The van der Waals surface area contributed by atoms with Crippen LogP contribution in [-0.4, -0.2) is 52.4 Å². The van der Waals surface area contributed by atoms with Gasteiger partial charge in [-0.3, -0.25) is 9.48 Å². The fourth-order valence-corrected chi connectivity index (χ4v) is 2.68. The SMILES string of the molecule is CCNC(=NCc1ncnn1C)NCCc1ccc(OCC(=O)NC2CC2)cc1. The van der Waals surface area contributed by atoms with E-state index in [1.807, 2.05) is 38.2 Å². The molecule has 29 heavy (non-hydrogen) atoms. The Bertz CT molecular complexity index is 812. The number of hydrogen-bond donors (Lipinski definition) is 3. The number of aliphatic imine (C=N–C) groups is 1. The number of aromatic nitrogens is 3. The summed E-state index contributed by atoms with van der Waals surface area (Å²) in [7, 11) is 1.85. The third kappa shape index (κ3) is 7.10. The highest BCUT2D eigenvalue weighted by molar-refractivity contribution is 5.79. The third-order valence-electron chi connectivity index (χ3n) is 4.47. The average Bonchev–Trinajstić information content (AvgIpc) is 3.44. The lowest BCUT2D eigenvalue weighted by Gasteiger charge is -2.11. The van der Waals surface area contributed by atoms with Crippen molar-refractivity contribution >= 4 is 11.9 Å². The molecule has 9 heteroatoms. The second kappa shape index (κ2) is 10.4. The van der Waals surface area contributed by atoms with Crippen LogP contribution >= 0.6 is 0 Å². The Kier molecular flexibility index (Phi) is 7.43. The van der Waals surface area contributed by atoms with Gasteiger partial charge < -0.3 is 20.7 Å². The molecule has 0 unspecified atom stereocenters. The summed E-state index contributed by atoms with van der Waals surface area (Å²) in [5, 5.41) is 13.5. The average molecular weight is 399 g/mol. The van der Waals surface area contributed by atoms with Crippen molar-refractivity contribution in [1.82, 2.24) is 30.7 Å². The van der Waals surface area contributed by atoms with E-state index in [0.29, 0.717) is 18.3 Å². The van der Waals surface area contributed by atoms with Crippen LogP contribution in [0.2, 0.25) is 0 Å². The molecular weight excluding hydrogens is 370 g/mol. The van der Waals surface area contributed by atoms with E-state index in [1.54, 1.807) is 4.68 Å². The molecule has 0 radical (unpaired) electrons. The Labute approximate surface area is 171 Å². The molecule has 1 saturated carbocycles. The molecule has 0 aliphatic heterocycles. The van der Waals surface area contributed by atoms with Crippen LogP contribution < -0.4 is 20.7 Å². The zero-order valence-electron chi connectivity index (χ0n) is 17.0. The van der Waals surface area contributed by atoms with Gasteiger partial charge >= 0.3 is 0 Å². The Balaban J connectivity index is 1.40. The predicted octanol–water partition coefficient (Wildman–Crippen LogP) is 0.770. The smallest absolute Gasteiger partial charge is 0.258 e. The van der Waals surface area contributed by atoms with Crippen LogP contribution in [0.3, 0.4) is 0 Å². The van der Waals surface area contributed by atoms with Crippen molar-refractivity contribution in [3.63, 3.8) is 0 Å². The van der Waals surface area contributed by atoms with E-state index < -0.39 is 0 Å². The largest absolute Gasteiger partial charge is 0.484 e. The first-order chi connectivity index (χ1) is 14.1. The third-order valence-corrected chi connectivity index (χ3v) is 4.47. The van der Waals surface area contributed by atoms with Gasteiger partial charge in [-0.15, -0.1) is 0 Å². The van der Waals surface area contributed by atoms with Crippen molar-refractivity contribution < 1.29 is 9.53 Å². The molecule has 1 aromatic heterocycles. The van der Waals surface area contributed by atoms with Gasteiger partial charge in [0, 0.05) is 26.2 Å². The Morgan fingerprint density at radius 3 is 2.72 bits per heavy atom. The molecule has 2 aromatic rings. The molecule has 3 N–H and O–H groups in total. The number of ether oxygens (including phenoxy) is 1. The monoisotopic (exact) mass is 399 g/mol. The van der Waals surface area contributed by atoms with Gasteiger partial charge in [-0.25, -0.2) is 9.98 Å². The lowest BCUT2D eigenvalue weighted by Crippen LogP contribution is -2.38. The molecule has 156 valence electrons. The van der Waals surface area contributed by atoms with E-state index in [-0.39, 0.29) is 12.5 Å². The molecule has 1 aliphatic carbocycles. The van der Waals surface area contributed by atoms with Crippen molar-refractivity contribution in [3.05, 3.63) is 42.0 Å². The summed E-state index contributed by atoms with van der Waals surface area (Å²) >= 11 is 0. The van der Waals surface area contributed by atoms with Gasteiger partial charge in [0.15, 0.2) is 12.6 Å². The van der Waals surface area contributed by atoms with Crippen LogP contribution in [0.1, 0.15) is 31.2 Å². The fourth-order valence-electron chi connectivity index (χ4n) is 2.68. The van der Waals surface area contributed by atoms with Crippen LogP contribution in [0, 0.1) is 0 Å². The Hall–Kier alpha value is -3.10. The van der Waals surface area contributed by atoms with Crippen LogP contribution in [0.15, 0.2) is 35.6 Å². The van der Waals surface area contributed by atoms with Crippen molar-refractivity contribution in [1.29, 1.82) is 0 Å². The molecule has 1 heterocycles. The van der Waals surface area contributed by atoms with E-state index in [2.05, 4.69) is 31.0 Å². The maximum Gasteiger partial charge on any atom is 0.258 e. The second-order valence-corrected chi connectivity index (χ2v) is 6.95. The molecule has 0 bridgehead atoms. The summed E-state index contributed by atoms with van der Waals surface area (Å²) in [4.78, 5) is 20.4. The Morgan fingerprint density at radius 2 is 2.07 bits per heavy atom. The van der Waals surface area contributed by atoms with E-state index in [0.717, 1.165) is 44.1 Å². The standard InChI is InChI=1S/C20H29N7O2/c1-3-21-20(23-12-18-24-14-25-27(18)2)22-11-10-15-4-8-17(9-5-15)29-13-19(28)26-16-6-7-16/h4-5,8-9,14,16H,3,6-7,10-13H2,1-2H3,(H,26,28)(H2,21,22,23). The van der Waals surface area contributed by atoms with Crippen LogP contribution in [-0.2, 0) is 24.8 Å². The molecular formula is C20H29N7O2. The van der Waals surface area contributed by atoms with E-state index >= 15 is 0 Å². The number of hydrogen-bond acceptors (Lipinski definition) is 5. The van der Waals surface area contributed by atoms with Gasteiger partial charge in [0.05, 0.1) is 0 Å². The lowest BCUT2D eigenvalue weighted by atomic mass is 10.1. The molecule has 1 fully saturated rings. The first kappa shape index (κ1) is 20.6. The number of aryl methyl sites for hydroxylation is 1. The van der Waals surface area contributed by atoms with E-state index in [1.165, 1.54) is 11.9 Å². The first-order valence-electron chi connectivity index (χ1n) is 10.00. The lowest BCUT2D eigenvalue weighted by molar-refractivity contribution is -0.123. The quantitative estimate of drug-likeness (QED) is 0.403. The molecule has 9 nitrogen and oxygen atoms in total. The summed E-state index contributed by atoms with van der Waals surface area (Å²) in [6.45, 7) is 4.08. The minimum atomic E-state index is -0.0580. The molecule has 1 aliphatic rings. The minimum Gasteiger partial charge on any atom is -0.484 e. The highest BCUT2D eigenvalue weighted by Gasteiger charge is 2.23. The summed E-state index contributed by atoms with van der Waals surface area (Å²) in [6.07, 6.45) is 4.53. The number of carbonyl (C=O) groups is 1. The number of nitrogens with one attached hydrogen (secondary N) is 3. The number of nitrogens with zero attached hydrogens (tertiary/aromatic N) is 4. The number of carbonyl (C=O) groups excluding carboxylic acids is 1. The molecule has 1 aromatic carbocycles. The molecule has 0 saturated heterocycles. The maximum atomic E-state index is 11.7. The van der Waals surface area contributed by atoms with Crippen LogP contribution in [0.5, 0.6) is 5.75 Å². The van der Waals surface area contributed by atoms with Crippen LogP contribution in [0.25, 0.3) is 0 Å². The predicted molar refractivity (Wildman–Crippen MR) is 111 cm³/mol. The van der Waals surface area contributed by atoms with Gasteiger partial charge in [0.1, 0.15) is 24.4 Å². The first-order valence-corrected chi connectivity index (χ1v) is 10.00. The summed E-state index contributed by atoms with van der Waals surface area (Å²) < 4.78 is 7.25. The summed E-state index contributed by atoms with van der Waals surface area (Å²) in [6, 6.07) is 8.18. The van der Waals surface area contributed by atoms with Gasteiger partial charge in [-0.2, -0.15) is 5.10 Å². The topological polar surface area (TPSA) is 105 Å². The van der Waals surface area contributed by atoms with Crippen molar-refractivity contribution in [2.24, 2.45) is 12.0 Å². The second-order valence-electron chi connectivity index (χ2n) is 6.95. The van der Waals surface area contributed by atoms with Gasteiger partial charge in [-0.1, -0.05) is 12.1 Å².